The first-order valence-electron chi connectivity index (χ1n) is 7.49. The van der Waals surface area contributed by atoms with Crippen molar-refractivity contribution in [2.75, 3.05) is 13.2 Å². The zero-order chi connectivity index (χ0) is 14.5. The van der Waals surface area contributed by atoms with Gasteiger partial charge in [-0.15, -0.1) is 0 Å². The molecule has 0 bridgehead atoms. The quantitative estimate of drug-likeness (QED) is 0.774. The highest BCUT2D eigenvalue weighted by atomic mass is 16.3. The Balaban J connectivity index is 2.43. The molecule has 1 heterocycles. The second kappa shape index (κ2) is 7.25. The first-order valence-corrected chi connectivity index (χ1v) is 7.49. The third-order valence-corrected chi connectivity index (χ3v) is 3.70. The molecule has 2 atom stereocenters. The van der Waals surface area contributed by atoms with Crippen LogP contribution in [0.5, 0.6) is 0 Å². The summed E-state index contributed by atoms with van der Waals surface area (Å²) in [5.74, 6) is 0.192. The SMILES string of the molecule is CC(C)(C)CC(N)CC(=O)N1CCCC1CCCO. The largest absolute Gasteiger partial charge is 0.396 e. The van der Waals surface area contributed by atoms with Crippen LogP contribution in [0.3, 0.4) is 0 Å². The Labute approximate surface area is 117 Å². The topological polar surface area (TPSA) is 66.6 Å². The fraction of sp³-hybridized carbons (Fsp3) is 0.933. The second-order valence-electron chi connectivity index (χ2n) is 6.98. The van der Waals surface area contributed by atoms with E-state index in [9.17, 15) is 4.79 Å². The van der Waals surface area contributed by atoms with Gasteiger partial charge < -0.3 is 15.7 Å². The molecular formula is C15H30N2O2. The average molecular weight is 270 g/mol. The van der Waals surface area contributed by atoms with Crippen LogP contribution in [0.25, 0.3) is 0 Å². The summed E-state index contributed by atoms with van der Waals surface area (Å²) in [5, 5.41) is 8.90. The average Bonchev–Trinajstić information content (AvgIpc) is 2.71. The van der Waals surface area contributed by atoms with E-state index in [2.05, 4.69) is 20.8 Å². The number of aliphatic hydroxyl groups is 1. The van der Waals surface area contributed by atoms with E-state index >= 15 is 0 Å². The Morgan fingerprint density at radius 3 is 2.74 bits per heavy atom. The standard InChI is InChI=1S/C15H30N2O2/c1-15(2,3)11-12(16)10-14(19)17-8-4-6-13(17)7-5-9-18/h12-13,18H,4-11,16H2,1-3H3. The van der Waals surface area contributed by atoms with Crippen molar-refractivity contribution in [2.24, 2.45) is 11.1 Å². The van der Waals surface area contributed by atoms with Crippen LogP contribution in [0.2, 0.25) is 0 Å². The molecule has 4 heteroatoms. The molecule has 19 heavy (non-hydrogen) atoms. The predicted octanol–water partition coefficient (Wildman–Crippen LogP) is 1.90. The zero-order valence-electron chi connectivity index (χ0n) is 12.7. The summed E-state index contributed by atoms with van der Waals surface area (Å²) >= 11 is 0. The summed E-state index contributed by atoms with van der Waals surface area (Å²) in [4.78, 5) is 14.3. The van der Waals surface area contributed by atoms with Gasteiger partial charge in [0, 0.05) is 31.7 Å². The highest BCUT2D eigenvalue weighted by molar-refractivity contribution is 5.77. The van der Waals surface area contributed by atoms with E-state index in [4.69, 9.17) is 10.8 Å². The normalized spacial score (nSPS) is 21.7. The number of carbonyl (C=O) groups is 1. The summed E-state index contributed by atoms with van der Waals surface area (Å²) in [7, 11) is 0. The van der Waals surface area contributed by atoms with Gasteiger partial charge in [-0.2, -0.15) is 0 Å². The van der Waals surface area contributed by atoms with Crippen LogP contribution in [-0.2, 0) is 4.79 Å². The van der Waals surface area contributed by atoms with Crippen molar-refractivity contribution in [3.63, 3.8) is 0 Å². The van der Waals surface area contributed by atoms with Gasteiger partial charge in [0.05, 0.1) is 0 Å². The van der Waals surface area contributed by atoms with Crippen molar-refractivity contribution in [1.29, 1.82) is 0 Å². The molecule has 0 aromatic rings. The molecule has 1 aliphatic rings. The van der Waals surface area contributed by atoms with Crippen molar-refractivity contribution in [2.45, 2.75) is 71.4 Å². The summed E-state index contributed by atoms with van der Waals surface area (Å²) in [5.41, 5.74) is 6.25. The van der Waals surface area contributed by atoms with Crippen LogP contribution in [0.15, 0.2) is 0 Å². The first kappa shape index (κ1) is 16.4. The van der Waals surface area contributed by atoms with E-state index in [1.165, 1.54) is 0 Å². The lowest BCUT2D eigenvalue weighted by molar-refractivity contribution is -0.132. The van der Waals surface area contributed by atoms with Gasteiger partial charge in [-0.25, -0.2) is 0 Å². The van der Waals surface area contributed by atoms with Gasteiger partial charge in [-0.3, -0.25) is 4.79 Å². The van der Waals surface area contributed by atoms with Crippen LogP contribution in [0.1, 0.15) is 59.3 Å². The highest BCUT2D eigenvalue weighted by Crippen LogP contribution is 2.25. The molecule has 1 saturated heterocycles. The monoisotopic (exact) mass is 270 g/mol. The number of hydrogen-bond acceptors (Lipinski definition) is 3. The maximum absolute atomic E-state index is 12.3. The van der Waals surface area contributed by atoms with Crippen molar-refractivity contribution in [1.82, 2.24) is 4.90 Å². The van der Waals surface area contributed by atoms with E-state index in [1.807, 2.05) is 4.90 Å². The lowest BCUT2D eigenvalue weighted by atomic mass is 9.87. The third-order valence-electron chi connectivity index (χ3n) is 3.70. The molecule has 0 spiro atoms. The Kier molecular flexibility index (Phi) is 6.27. The zero-order valence-corrected chi connectivity index (χ0v) is 12.7. The van der Waals surface area contributed by atoms with Gasteiger partial charge in [0.15, 0.2) is 0 Å². The molecule has 4 nitrogen and oxygen atoms in total. The maximum Gasteiger partial charge on any atom is 0.224 e. The predicted molar refractivity (Wildman–Crippen MR) is 77.7 cm³/mol. The molecule has 0 aromatic heterocycles. The number of likely N-dealkylation sites (tertiary alicyclic amines) is 1. The van der Waals surface area contributed by atoms with Crippen molar-refractivity contribution in [3.05, 3.63) is 0 Å². The smallest absolute Gasteiger partial charge is 0.224 e. The first-order chi connectivity index (χ1) is 8.83. The summed E-state index contributed by atoms with van der Waals surface area (Å²) < 4.78 is 0. The van der Waals surface area contributed by atoms with E-state index in [0.717, 1.165) is 38.6 Å². The molecule has 0 radical (unpaired) electrons. The Morgan fingerprint density at radius 2 is 2.16 bits per heavy atom. The van der Waals surface area contributed by atoms with Crippen LogP contribution < -0.4 is 5.73 Å². The van der Waals surface area contributed by atoms with Gasteiger partial charge in [0.2, 0.25) is 5.91 Å². The lowest BCUT2D eigenvalue weighted by Crippen LogP contribution is -2.40. The summed E-state index contributed by atoms with van der Waals surface area (Å²) in [6, 6.07) is 0.271. The van der Waals surface area contributed by atoms with E-state index in [0.29, 0.717) is 12.5 Å². The van der Waals surface area contributed by atoms with E-state index in [-0.39, 0.29) is 24.0 Å². The lowest BCUT2D eigenvalue weighted by Gasteiger charge is -2.28. The number of amides is 1. The number of carbonyl (C=O) groups excluding carboxylic acids is 1. The molecule has 1 amide bonds. The highest BCUT2D eigenvalue weighted by Gasteiger charge is 2.29. The van der Waals surface area contributed by atoms with Gasteiger partial charge in [0.25, 0.3) is 0 Å². The van der Waals surface area contributed by atoms with Gasteiger partial charge in [-0.1, -0.05) is 20.8 Å². The van der Waals surface area contributed by atoms with E-state index in [1.54, 1.807) is 0 Å². The third kappa shape index (κ3) is 5.91. The fourth-order valence-electron chi connectivity index (χ4n) is 2.99. The molecule has 1 rings (SSSR count). The molecule has 0 aliphatic carbocycles. The molecule has 3 N–H and O–H groups in total. The summed E-state index contributed by atoms with van der Waals surface area (Å²) in [6.07, 6.45) is 5.16. The van der Waals surface area contributed by atoms with Crippen molar-refractivity contribution >= 4 is 5.91 Å². The number of aliphatic hydroxyl groups excluding tert-OH is 1. The molecule has 1 aliphatic heterocycles. The second-order valence-corrected chi connectivity index (χ2v) is 6.98. The van der Waals surface area contributed by atoms with Crippen LogP contribution in [0.4, 0.5) is 0 Å². The molecule has 112 valence electrons. The fourth-order valence-corrected chi connectivity index (χ4v) is 2.99. The Bertz CT molecular complexity index is 286. The minimum Gasteiger partial charge on any atom is -0.396 e. The minimum atomic E-state index is -0.0495. The summed E-state index contributed by atoms with van der Waals surface area (Å²) in [6.45, 7) is 7.52. The Hall–Kier alpha value is -0.610. The molecular weight excluding hydrogens is 240 g/mol. The Morgan fingerprint density at radius 1 is 1.47 bits per heavy atom. The van der Waals surface area contributed by atoms with E-state index < -0.39 is 0 Å². The molecule has 1 fully saturated rings. The van der Waals surface area contributed by atoms with Crippen molar-refractivity contribution in [3.8, 4) is 0 Å². The van der Waals surface area contributed by atoms with Crippen molar-refractivity contribution < 1.29 is 9.90 Å². The maximum atomic E-state index is 12.3. The number of hydrogen-bond donors (Lipinski definition) is 2. The molecule has 0 aromatic carbocycles. The van der Waals surface area contributed by atoms with Gasteiger partial charge >= 0.3 is 0 Å². The number of nitrogens with zero attached hydrogens (tertiary/aromatic N) is 1. The van der Waals surface area contributed by atoms with Crippen LogP contribution in [-0.4, -0.2) is 41.1 Å². The van der Waals surface area contributed by atoms with Crippen LogP contribution in [0, 0.1) is 5.41 Å². The van der Waals surface area contributed by atoms with Gasteiger partial charge in [0.1, 0.15) is 0 Å². The number of nitrogens with two attached hydrogens (primary N) is 1. The minimum absolute atomic E-state index is 0.0495. The number of rotatable bonds is 6. The molecule has 2 unspecified atom stereocenters. The van der Waals surface area contributed by atoms with Crippen LogP contribution >= 0.6 is 0 Å². The molecule has 0 saturated carbocycles. The van der Waals surface area contributed by atoms with Gasteiger partial charge in [-0.05, 0) is 37.5 Å².